The molecule has 1 fully saturated rings. The van der Waals surface area contributed by atoms with E-state index in [4.69, 9.17) is 0 Å². The van der Waals surface area contributed by atoms with Crippen LogP contribution < -0.4 is 0 Å². The molecule has 1 saturated carbocycles. The highest BCUT2D eigenvalue weighted by Crippen LogP contribution is 2.44. The summed E-state index contributed by atoms with van der Waals surface area (Å²) in [7, 11) is 0. The number of hydrogen-bond donors (Lipinski definition) is 1. The van der Waals surface area contributed by atoms with E-state index in [1.807, 2.05) is 0 Å². The number of rotatable bonds is 3. The van der Waals surface area contributed by atoms with E-state index in [2.05, 4.69) is 58.9 Å². The molecular weight excluding hydrogens is 318 g/mol. The molecule has 0 saturated heterocycles. The highest BCUT2D eigenvalue weighted by atomic mass is 32.2. The number of nitrogens with zero attached hydrogens (tertiary/aromatic N) is 1. The Balaban J connectivity index is 2.44. The molecule has 1 aromatic carbocycles. The quantitative estimate of drug-likeness (QED) is 0.665. The molecule has 24 heavy (non-hydrogen) atoms. The van der Waals surface area contributed by atoms with Gasteiger partial charge in [0.1, 0.15) is 11.8 Å². The van der Waals surface area contributed by atoms with Gasteiger partial charge in [0.25, 0.3) is 0 Å². The van der Waals surface area contributed by atoms with Crippen molar-refractivity contribution in [1.82, 2.24) is 0 Å². The summed E-state index contributed by atoms with van der Waals surface area (Å²) < 4.78 is 0. The predicted octanol–water partition coefficient (Wildman–Crippen LogP) is 6.16. The van der Waals surface area contributed by atoms with Crippen LogP contribution in [-0.2, 0) is 10.8 Å². The van der Waals surface area contributed by atoms with Crippen LogP contribution >= 0.6 is 11.8 Å². The van der Waals surface area contributed by atoms with Gasteiger partial charge in [0, 0.05) is 21.3 Å². The van der Waals surface area contributed by atoms with Crippen LogP contribution in [0.5, 0.6) is 5.75 Å². The summed E-state index contributed by atoms with van der Waals surface area (Å²) in [5, 5.41) is 14.4. The molecular formula is C20H31NO2S. The van der Waals surface area contributed by atoms with Gasteiger partial charge >= 0.3 is 0 Å². The zero-order chi connectivity index (χ0) is 18.1. The van der Waals surface area contributed by atoms with Crippen LogP contribution in [0.25, 0.3) is 0 Å². The Morgan fingerprint density at radius 2 is 1.50 bits per heavy atom. The molecule has 1 N–H and O–H groups in total. The maximum absolute atomic E-state index is 11.2. The second-order valence-corrected chi connectivity index (χ2v) is 10.3. The molecule has 4 heteroatoms. The highest BCUT2D eigenvalue weighted by molar-refractivity contribution is 8.00. The van der Waals surface area contributed by atoms with E-state index in [1.165, 1.54) is 6.42 Å². The van der Waals surface area contributed by atoms with Crippen LogP contribution in [-0.4, -0.2) is 16.4 Å². The summed E-state index contributed by atoms with van der Waals surface area (Å²) in [6, 6.07) is 4.12. The normalized spacial score (nSPS) is 22.4. The van der Waals surface area contributed by atoms with E-state index in [0.717, 1.165) is 35.3 Å². The second kappa shape index (κ2) is 7.07. The van der Waals surface area contributed by atoms with Gasteiger partial charge in [0.2, 0.25) is 0 Å². The molecule has 1 aliphatic rings. The average molecular weight is 350 g/mol. The molecule has 0 aromatic heterocycles. The standard InChI is InChI=1S/C20H31NO2S/c1-19(2,3)14-11-13(12-15(18(14)22)20(4,5)6)24-17-10-8-7-9-16(17)21-23/h11-12,16-17,22H,7-10H2,1-6H3/t16-,17-/m0/s1. The largest absolute Gasteiger partial charge is 0.507 e. The van der Waals surface area contributed by atoms with Crippen molar-refractivity contribution in [2.45, 2.75) is 94.2 Å². The lowest BCUT2D eigenvalue weighted by molar-refractivity contribution is 0.422. The SMILES string of the molecule is CC(C)(C)c1cc(S[C@H]2CCCC[C@@H]2N=O)cc(C(C)(C)C)c1O. The van der Waals surface area contributed by atoms with Crippen molar-refractivity contribution in [2.24, 2.45) is 5.18 Å². The smallest absolute Gasteiger partial charge is 0.123 e. The fraction of sp³-hybridized carbons (Fsp3) is 0.700. The number of aromatic hydroxyl groups is 1. The van der Waals surface area contributed by atoms with Gasteiger partial charge in [-0.1, -0.05) is 59.6 Å². The third kappa shape index (κ3) is 4.33. The Labute approximate surface area is 150 Å². The van der Waals surface area contributed by atoms with E-state index in [1.54, 1.807) is 11.8 Å². The van der Waals surface area contributed by atoms with Crippen LogP contribution in [0.2, 0.25) is 0 Å². The Morgan fingerprint density at radius 1 is 1.00 bits per heavy atom. The summed E-state index contributed by atoms with van der Waals surface area (Å²) in [4.78, 5) is 12.3. The lowest BCUT2D eigenvalue weighted by Crippen LogP contribution is -2.25. The molecule has 2 rings (SSSR count). The van der Waals surface area contributed by atoms with E-state index >= 15 is 0 Å². The van der Waals surface area contributed by atoms with Gasteiger partial charge in [0.15, 0.2) is 0 Å². The molecule has 1 aliphatic carbocycles. The Morgan fingerprint density at radius 3 is 1.96 bits per heavy atom. The molecule has 1 aromatic rings. The Bertz CT molecular complexity index is 564. The van der Waals surface area contributed by atoms with E-state index in [0.29, 0.717) is 5.75 Å². The van der Waals surface area contributed by atoms with Crippen LogP contribution in [0.3, 0.4) is 0 Å². The highest BCUT2D eigenvalue weighted by Gasteiger charge is 2.30. The minimum Gasteiger partial charge on any atom is -0.507 e. The molecule has 0 bridgehead atoms. The van der Waals surface area contributed by atoms with Gasteiger partial charge in [-0.15, -0.1) is 11.8 Å². The van der Waals surface area contributed by atoms with E-state index in [9.17, 15) is 10.0 Å². The molecule has 0 aliphatic heterocycles. The van der Waals surface area contributed by atoms with Gasteiger partial charge in [-0.25, -0.2) is 0 Å². The molecule has 2 atom stereocenters. The van der Waals surface area contributed by atoms with Crippen molar-refractivity contribution in [3.8, 4) is 5.75 Å². The van der Waals surface area contributed by atoms with Gasteiger partial charge in [-0.05, 0) is 35.8 Å². The summed E-state index contributed by atoms with van der Waals surface area (Å²) in [5.41, 5.74) is 1.69. The summed E-state index contributed by atoms with van der Waals surface area (Å²) in [5.74, 6) is 0.410. The number of nitroso groups, excluding NO2 is 1. The number of phenols is 1. The molecule has 0 unspecified atom stereocenters. The van der Waals surface area contributed by atoms with Crippen LogP contribution in [0.1, 0.15) is 78.4 Å². The van der Waals surface area contributed by atoms with Crippen molar-refractivity contribution in [1.29, 1.82) is 0 Å². The zero-order valence-electron chi connectivity index (χ0n) is 15.8. The minimum absolute atomic E-state index is 0.0891. The fourth-order valence-corrected chi connectivity index (χ4v) is 4.68. The number of hydrogen-bond acceptors (Lipinski definition) is 4. The first-order valence-corrected chi connectivity index (χ1v) is 9.79. The zero-order valence-corrected chi connectivity index (χ0v) is 16.7. The van der Waals surface area contributed by atoms with Gasteiger partial charge in [-0.3, -0.25) is 0 Å². The van der Waals surface area contributed by atoms with E-state index < -0.39 is 0 Å². The lowest BCUT2D eigenvalue weighted by Gasteiger charge is -2.30. The first kappa shape index (κ1) is 19.3. The Hall–Kier alpha value is -1.03. The monoisotopic (exact) mass is 349 g/mol. The van der Waals surface area contributed by atoms with Crippen molar-refractivity contribution in [3.05, 3.63) is 28.2 Å². The lowest BCUT2D eigenvalue weighted by atomic mass is 9.79. The number of benzene rings is 1. The molecule has 0 heterocycles. The minimum atomic E-state index is -0.129. The van der Waals surface area contributed by atoms with Crippen LogP contribution in [0.15, 0.2) is 22.2 Å². The van der Waals surface area contributed by atoms with Crippen LogP contribution in [0.4, 0.5) is 0 Å². The first-order valence-electron chi connectivity index (χ1n) is 8.91. The molecule has 0 spiro atoms. The molecule has 134 valence electrons. The molecule has 0 radical (unpaired) electrons. The van der Waals surface area contributed by atoms with Crippen molar-refractivity contribution in [3.63, 3.8) is 0 Å². The first-order chi connectivity index (χ1) is 11.0. The summed E-state index contributed by atoms with van der Waals surface area (Å²) in [6.07, 6.45) is 4.21. The maximum Gasteiger partial charge on any atom is 0.123 e. The Kier molecular flexibility index (Phi) is 5.68. The van der Waals surface area contributed by atoms with Gasteiger partial charge in [-0.2, -0.15) is 4.91 Å². The topological polar surface area (TPSA) is 49.7 Å². The van der Waals surface area contributed by atoms with Crippen molar-refractivity contribution >= 4 is 11.8 Å². The number of phenolic OH excluding ortho intramolecular Hbond substituents is 1. The van der Waals surface area contributed by atoms with Gasteiger partial charge < -0.3 is 5.11 Å². The maximum atomic E-state index is 11.2. The molecule has 3 nitrogen and oxygen atoms in total. The predicted molar refractivity (Wildman–Crippen MR) is 103 cm³/mol. The van der Waals surface area contributed by atoms with Gasteiger partial charge in [0.05, 0.1) is 0 Å². The fourth-order valence-electron chi connectivity index (χ4n) is 3.33. The van der Waals surface area contributed by atoms with Crippen LogP contribution in [0, 0.1) is 4.91 Å². The average Bonchev–Trinajstić information content (AvgIpc) is 2.47. The van der Waals surface area contributed by atoms with Crippen molar-refractivity contribution in [2.75, 3.05) is 0 Å². The molecule has 0 amide bonds. The third-order valence-corrected chi connectivity index (χ3v) is 6.15. The van der Waals surface area contributed by atoms with Crippen molar-refractivity contribution < 1.29 is 5.11 Å². The number of thioether (sulfide) groups is 1. The summed E-state index contributed by atoms with van der Waals surface area (Å²) >= 11 is 1.76. The summed E-state index contributed by atoms with van der Waals surface area (Å²) in [6.45, 7) is 12.7. The third-order valence-electron chi connectivity index (χ3n) is 4.79. The van der Waals surface area contributed by atoms with E-state index in [-0.39, 0.29) is 22.1 Å². The second-order valence-electron chi connectivity index (χ2n) is 8.98.